The lowest BCUT2D eigenvalue weighted by Gasteiger charge is -2.22. The first kappa shape index (κ1) is 20.7. The number of hydrogen-bond donors (Lipinski definition) is 2. The summed E-state index contributed by atoms with van der Waals surface area (Å²) in [5, 5.41) is 2.93. The predicted molar refractivity (Wildman–Crippen MR) is 111 cm³/mol. The quantitative estimate of drug-likeness (QED) is 0.713. The highest BCUT2D eigenvalue weighted by atomic mass is 16.5. The fraction of sp³-hybridized carbons (Fsp3) is 0.364. The van der Waals surface area contributed by atoms with E-state index in [0.717, 1.165) is 36.2 Å². The molecule has 0 saturated carbocycles. The van der Waals surface area contributed by atoms with Gasteiger partial charge in [-0.05, 0) is 43.1 Å². The predicted octanol–water partition coefficient (Wildman–Crippen LogP) is 2.33. The maximum absolute atomic E-state index is 12.5. The lowest BCUT2D eigenvalue weighted by atomic mass is 10.1. The number of nitrogens with two attached hydrogens (primary N) is 1. The van der Waals surface area contributed by atoms with Crippen molar-refractivity contribution in [3.63, 3.8) is 0 Å². The van der Waals surface area contributed by atoms with Crippen molar-refractivity contribution in [3.05, 3.63) is 53.6 Å². The number of likely N-dealkylation sites (tertiary alicyclic amines) is 1. The number of ether oxygens (including phenoxy) is 2. The van der Waals surface area contributed by atoms with Crippen LogP contribution in [-0.2, 0) is 22.6 Å². The van der Waals surface area contributed by atoms with Gasteiger partial charge in [0, 0.05) is 23.9 Å². The van der Waals surface area contributed by atoms with Crippen molar-refractivity contribution >= 4 is 17.5 Å². The largest absolute Gasteiger partial charge is 0.497 e. The Morgan fingerprint density at radius 1 is 1.17 bits per heavy atom. The topological polar surface area (TPSA) is 93.9 Å². The highest BCUT2D eigenvalue weighted by molar-refractivity contribution is 5.92. The molecular weight excluding hydrogens is 370 g/mol. The smallest absolute Gasteiger partial charge is 0.234 e. The molecule has 0 radical (unpaired) electrons. The van der Waals surface area contributed by atoms with Gasteiger partial charge in [-0.15, -0.1) is 0 Å². The van der Waals surface area contributed by atoms with Crippen molar-refractivity contribution in [2.45, 2.75) is 31.8 Å². The van der Waals surface area contributed by atoms with Gasteiger partial charge in [0.1, 0.15) is 11.5 Å². The van der Waals surface area contributed by atoms with Crippen molar-refractivity contribution in [1.82, 2.24) is 4.90 Å². The molecule has 154 valence electrons. The number of carbonyl (C=O) groups is 2. The molecule has 1 saturated heterocycles. The van der Waals surface area contributed by atoms with E-state index in [0.29, 0.717) is 18.0 Å². The highest BCUT2D eigenvalue weighted by Crippen LogP contribution is 2.25. The number of nitrogens with zero attached hydrogens (tertiary/aromatic N) is 1. The zero-order valence-corrected chi connectivity index (χ0v) is 16.8. The average Bonchev–Trinajstić information content (AvgIpc) is 3.17. The number of anilines is 1. The van der Waals surface area contributed by atoms with Crippen molar-refractivity contribution in [1.29, 1.82) is 0 Å². The minimum atomic E-state index is -0.277. The molecule has 1 heterocycles. The van der Waals surface area contributed by atoms with Crippen LogP contribution in [0, 0.1) is 0 Å². The Labute approximate surface area is 170 Å². The van der Waals surface area contributed by atoms with E-state index >= 15 is 0 Å². The number of rotatable bonds is 8. The Kier molecular flexibility index (Phi) is 6.72. The van der Waals surface area contributed by atoms with Crippen LogP contribution in [-0.4, -0.2) is 43.5 Å². The second kappa shape index (κ2) is 9.43. The molecule has 7 nitrogen and oxygen atoms in total. The standard InChI is InChI=1S/C22H27N3O4/c1-28-18-9-8-16(20(13-18)29-2)12-21(26)24-17-6-3-5-15(11-17)14-25-10-4-7-19(25)22(23)27/h3,5-6,8-9,11,13,19H,4,7,10,12,14H2,1-2H3,(H2,23,27)(H,24,26). The number of hydrogen-bond acceptors (Lipinski definition) is 5. The molecule has 1 atom stereocenters. The Hall–Kier alpha value is -3.06. The van der Waals surface area contributed by atoms with Crippen LogP contribution in [0.4, 0.5) is 5.69 Å². The van der Waals surface area contributed by atoms with Gasteiger partial charge >= 0.3 is 0 Å². The van der Waals surface area contributed by atoms with E-state index < -0.39 is 0 Å². The molecule has 0 aliphatic carbocycles. The normalized spacial score (nSPS) is 16.4. The van der Waals surface area contributed by atoms with Crippen LogP contribution >= 0.6 is 0 Å². The number of carbonyl (C=O) groups excluding carboxylic acids is 2. The van der Waals surface area contributed by atoms with Gasteiger partial charge in [0.05, 0.1) is 26.7 Å². The SMILES string of the molecule is COc1ccc(CC(=O)Nc2cccc(CN3CCCC3C(N)=O)c2)c(OC)c1. The zero-order valence-electron chi connectivity index (χ0n) is 16.8. The molecule has 0 bridgehead atoms. The summed E-state index contributed by atoms with van der Waals surface area (Å²) in [6.45, 7) is 1.48. The van der Waals surface area contributed by atoms with Gasteiger partial charge in [0.25, 0.3) is 0 Å². The van der Waals surface area contributed by atoms with Gasteiger partial charge in [0.15, 0.2) is 0 Å². The third-order valence-corrected chi connectivity index (χ3v) is 5.13. The van der Waals surface area contributed by atoms with Crippen LogP contribution in [0.2, 0.25) is 0 Å². The van der Waals surface area contributed by atoms with Crippen LogP contribution in [0.3, 0.4) is 0 Å². The van der Waals surface area contributed by atoms with Gasteiger partial charge in [-0.3, -0.25) is 14.5 Å². The zero-order chi connectivity index (χ0) is 20.8. The van der Waals surface area contributed by atoms with E-state index in [2.05, 4.69) is 10.2 Å². The minimum absolute atomic E-state index is 0.137. The maximum Gasteiger partial charge on any atom is 0.234 e. The summed E-state index contributed by atoms with van der Waals surface area (Å²) >= 11 is 0. The van der Waals surface area contributed by atoms with Gasteiger partial charge in [0.2, 0.25) is 11.8 Å². The first-order valence-corrected chi connectivity index (χ1v) is 9.63. The Morgan fingerprint density at radius 3 is 2.72 bits per heavy atom. The molecule has 2 amide bonds. The minimum Gasteiger partial charge on any atom is -0.497 e. The van der Waals surface area contributed by atoms with Crippen LogP contribution < -0.4 is 20.5 Å². The van der Waals surface area contributed by atoms with E-state index in [9.17, 15) is 9.59 Å². The first-order chi connectivity index (χ1) is 14.0. The monoisotopic (exact) mass is 397 g/mol. The van der Waals surface area contributed by atoms with E-state index in [1.54, 1.807) is 26.4 Å². The molecular formula is C22H27N3O4. The third kappa shape index (κ3) is 5.26. The summed E-state index contributed by atoms with van der Waals surface area (Å²) in [5.74, 6) is 0.872. The van der Waals surface area contributed by atoms with Crippen LogP contribution in [0.5, 0.6) is 11.5 Å². The third-order valence-electron chi connectivity index (χ3n) is 5.13. The van der Waals surface area contributed by atoms with Crippen molar-refractivity contribution < 1.29 is 19.1 Å². The molecule has 3 N–H and O–H groups in total. The number of nitrogens with one attached hydrogen (secondary N) is 1. The molecule has 7 heteroatoms. The molecule has 0 spiro atoms. The van der Waals surface area contributed by atoms with Crippen molar-refractivity contribution in [2.75, 3.05) is 26.1 Å². The Morgan fingerprint density at radius 2 is 2.00 bits per heavy atom. The summed E-state index contributed by atoms with van der Waals surface area (Å²) in [5.41, 5.74) is 8.02. The number of primary amides is 1. The fourth-order valence-corrected chi connectivity index (χ4v) is 3.70. The van der Waals surface area contributed by atoms with Crippen molar-refractivity contribution in [3.8, 4) is 11.5 Å². The second-order valence-electron chi connectivity index (χ2n) is 7.13. The molecule has 1 aliphatic rings. The molecule has 3 rings (SSSR count). The van der Waals surface area contributed by atoms with Gasteiger partial charge in [-0.2, -0.15) is 0 Å². The summed E-state index contributed by atoms with van der Waals surface area (Å²) in [7, 11) is 3.15. The van der Waals surface area contributed by atoms with E-state index in [-0.39, 0.29) is 24.3 Å². The lowest BCUT2D eigenvalue weighted by Crippen LogP contribution is -2.39. The molecule has 2 aromatic carbocycles. The average molecular weight is 397 g/mol. The van der Waals surface area contributed by atoms with Crippen LogP contribution in [0.15, 0.2) is 42.5 Å². The lowest BCUT2D eigenvalue weighted by molar-refractivity contribution is -0.122. The van der Waals surface area contributed by atoms with Gasteiger partial charge < -0.3 is 20.5 Å². The second-order valence-corrected chi connectivity index (χ2v) is 7.13. The molecule has 0 aromatic heterocycles. The molecule has 1 fully saturated rings. The highest BCUT2D eigenvalue weighted by Gasteiger charge is 2.28. The summed E-state index contributed by atoms with van der Waals surface area (Å²) in [6, 6.07) is 12.8. The van der Waals surface area contributed by atoms with E-state index in [4.69, 9.17) is 15.2 Å². The molecule has 1 unspecified atom stereocenters. The maximum atomic E-state index is 12.5. The molecule has 29 heavy (non-hydrogen) atoms. The summed E-state index contributed by atoms with van der Waals surface area (Å²) in [4.78, 5) is 26.2. The van der Waals surface area contributed by atoms with Gasteiger partial charge in [-0.25, -0.2) is 0 Å². The van der Waals surface area contributed by atoms with Crippen LogP contribution in [0.25, 0.3) is 0 Å². The number of amides is 2. The van der Waals surface area contributed by atoms with E-state index in [1.165, 1.54) is 0 Å². The molecule has 1 aliphatic heterocycles. The fourth-order valence-electron chi connectivity index (χ4n) is 3.70. The Bertz CT molecular complexity index is 884. The summed E-state index contributed by atoms with van der Waals surface area (Å²) < 4.78 is 10.5. The number of benzene rings is 2. The summed E-state index contributed by atoms with van der Waals surface area (Å²) in [6.07, 6.45) is 1.95. The van der Waals surface area contributed by atoms with Crippen LogP contribution in [0.1, 0.15) is 24.0 Å². The number of methoxy groups -OCH3 is 2. The van der Waals surface area contributed by atoms with Gasteiger partial charge in [-0.1, -0.05) is 18.2 Å². The van der Waals surface area contributed by atoms with Crippen molar-refractivity contribution in [2.24, 2.45) is 5.73 Å². The van der Waals surface area contributed by atoms with E-state index in [1.807, 2.05) is 30.3 Å². The Balaban J connectivity index is 1.64. The first-order valence-electron chi connectivity index (χ1n) is 9.63. The molecule has 2 aromatic rings.